The van der Waals surface area contributed by atoms with Gasteiger partial charge in [-0.3, -0.25) is 9.59 Å². The zero-order valence-electron chi connectivity index (χ0n) is 12.8. The van der Waals surface area contributed by atoms with Crippen LogP contribution in [0.4, 0.5) is 0 Å². The molecule has 5 heteroatoms. The van der Waals surface area contributed by atoms with E-state index >= 15 is 0 Å². The molecule has 0 saturated heterocycles. The van der Waals surface area contributed by atoms with Crippen LogP contribution >= 0.6 is 0 Å². The summed E-state index contributed by atoms with van der Waals surface area (Å²) >= 11 is 0. The Morgan fingerprint density at radius 1 is 1.33 bits per heavy atom. The summed E-state index contributed by atoms with van der Waals surface area (Å²) in [6.07, 6.45) is 1.61. The van der Waals surface area contributed by atoms with Gasteiger partial charge in [-0.2, -0.15) is 0 Å². The molecule has 0 atom stereocenters. The van der Waals surface area contributed by atoms with Crippen molar-refractivity contribution in [3.8, 4) is 11.5 Å². The summed E-state index contributed by atoms with van der Waals surface area (Å²) in [5.74, 6) is 1.11. The number of amides is 1. The molecule has 0 saturated carbocycles. The molecule has 1 aromatic rings. The van der Waals surface area contributed by atoms with Crippen molar-refractivity contribution in [3.63, 3.8) is 0 Å². The van der Waals surface area contributed by atoms with E-state index in [1.165, 1.54) is 0 Å². The fourth-order valence-corrected chi connectivity index (χ4v) is 1.74. The molecule has 1 aromatic carbocycles. The summed E-state index contributed by atoms with van der Waals surface area (Å²) in [6, 6.07) is 5.05. The number of benzene rings is 1. The number of hydrogen-bond acceptors (Lipinski definition) is 4. The average molecular weight is 293 g/mol. The molecule has 0 heterocycles. The lowest BCUT2D eigenvalue weighted by Crippen LogP contribution is -2.30. The quantitative estimate of drug-likeness (QED) is 0.710. The monoisotopic (exact) mass is 293 g/mol. The smallest absolute Gasteiger partial charge is 0.257 e. The molecule has 0 fully saturated rings. The molecule has 5 nitrogen and oxygen atoms in total. The van der Waals surface area contributed by atoms with Crippen LogP contribution in [-0.4, -0.2) is 32.0 Å². The van der Waals surface area contributed by atoms with Gasteiger partial charge >= 0.3 is 0 Å². The maximum absolute atomic E-state index is 11.7. The standard InChI is InChI=1S/C16H23NO4/c1-4-20-14-7-5-6-13(10-18)16(14)21-11-15(19)17-9-8-12(2)3/h5-7,10,12H,4,8-9,11H2,1-3H3,(H,17,19). The van der Waals surface area contributed by atoms with Crippen molar-refractivity contribution in [2.45, 2.75) is 27.2 Å². The van der Waals surface area contributed by atoms with Crippen LogP contribution in [0.15, 0.2) is 18.2 Å². The second-order valence-electron chi connectivity index (χ2n) is 5.05. The first kappa shape index (κ1) is 17.0. The molecule has 21 heavy (non-hydrogen) atoms. The Balaban J connectivity index is 2.61. The van der Waals surface area contributed by atoms with Crippen molar-refractivity contribution in [1.82, 2.24) is 5.32 Å². The zero-order chi connectivity index (χ0) is 15.7. The Morgan fingerprint density at radius 2 is 2.10 bits per heavy atom. The van der Waals surface area contributed by atoms with Gasteiger partial charge in [-0.05, 0) is 31.4 Å². The second-order valence-corrected chi connectivity index (χ2v) is 5.05. The Kier molecular flexibility index (Phi) is 7.29. The highest BCUT2D eigenvalue weighted by Crippen LogP contribution is 2.30. The van der Waals surface area contributed by atoms with Crippen LogP contribution in [-0.2, 0) is 4.79 Å². The Morgan fingerprint density at radius 3 is 2.71 bits per heavy atom. The van der Waals surface area contributed by atoms with Gasteiger partial charge in [0.25, 0.3) is 5.91 Å². The first-order valence-electron chi connectivity index (χ1n) is 7.19. The van der Waals surface area contributed by atoms with E-state index in [1.807, 2.05) is 6.92 Å². The number of rotatable bonds is 9. The summed E-state index contributed by atoms with van der Waals surface area (Å²) in [7, 11) is 0. The third kappa shape index (κ3) is 5.85. The van der Waals surface area contributed by atoms with Crippen LogP contribution in [0.3, 0.4) is 0 Å². The minimum atomic E-state index is -0.209. The normalized spacial score (nSPS) is 10.3. The largest absolute Gasteiger partial charge is 0.490 e. The van der Waals surface area contributed by atoms with Gasteiger partial charge in [0.2, 0.25) is 0 Å². The summed E-state index contributed by atoms with van der Waals surface area (Å²) in [4.78, 5) is 22.7. The first-order chi connectivity index (χ1) is 10.1. The predicted octanol–water partition coefficient (Wildman–Crippen LogP) is 2.44. The molecule has 0 aliphatic heterocycles. The Bertz CT molecular complexity index is 471. The van der Waals surface area contributed by atoms with E-state index in [-0.39, 0.29) is 12.5 Å². The molecule has 0 bridgehead atoms. The minimum absolute atomic E-state index is 0.136. The fourth-order valence-electron chi connectivity index (χ4n) is 1.74. The molecule has 0 spiro atoms. The molecule has 0 aliphatic rings. The number of nitrogens with one attached hydrogen (secondary N) is 1. The van der Waals surface area contributed by atoms with E-state index in [4.69, 9.17) is 9.47 Å². The van der Waals surface area contributed by atoms with Crippen LogP contribution in [0.5, 0.6) is 11.5 Å². The molecule has 0 aliphatic carbocycles. The van der Waals surface area contributed by atoms with Crippen molar-refractivity contribution in [2.24, 2.45) is 5.92 Å². The third-order valence-corrected chi connectivity index (χ3v) is 2.83. The van der Waals surface area contributed by atoms with Gasteiger partial charge in [0.15, 0.2) is 24.4 Å². The average Bonchev–Trinajstić information content (AvgIpc) is 2.45. The van der Waals surface area contributed by atoms with E-state index in [9.17, 15) is 9.59 Å². The summed E-state index contributed by atoms with van der Waals surface area (Å²) < 4.78 is 10.9. The number of carbonyl (C=O) groups excluding carboxylic acids is 2. The molecular formula is C16H23NO4. The lowest BCUT2D eigenvalue weighted by Gasteiger charge is -2.13. The Labute approximate surface area is 125 Å². The van der Waals surface area contributed by atoms with Crippen molar-refractivity contribution in [1.29, 1.82) is 0 Å². The number of para-hydroxylation sites is 1. The molecule has 0 radical (unpaired) electrons. The molecule has 116 valence electrons. The molecule has 1 amide bonds. The van der Waals surface area contributed by atoms with Gasteiger partial charge in [-0.15, -0.1) is 0 Å². The van der Waals surface area contributed by atoms with Crippen molar-refractivity contribution < 1.29 is 19.1 Å². The van der Waals surface area contributed by atoms with Gasteiger partial charge in [-0.1, -0.05) is 19.9 Å². The van der Waals surface area contributed by atoms with Crippen molar-refractivity contribution in [3.05, 3.63) is 23.8 Å². The molecule has 0 aromatic heterocycles. The summed E-state index contributed by atoms with van der Waals surface area (Å²) in [5.41, 5.74) is 0.371. The highest BCUT2D eigenvalue weighted by atomic mass is 16.5. The van der Waals surface area contributed by atoms with E-state index in [1.54, 1.807) is 18.2 Å². The van der Waals surface area contributed by atoms with Crippen LogP contribution in [0, 0.1) is 5.92 Å². The zero-order valence-corrected chi connectivity index (χ0v) is 12.8. The topological polar surface area (TPSA) is 64.6 Å². The molecule has 1 rings (SSSR count). The lowest BCUT2D eigenvalue weighted by atomic mass is 10.1. The number of aldehydes is 1. The molecular weight excluding hydrogens is 270 g/mol. The Hall–Kier alpha value is -2.04. The number of carbonyl (C=O) groups is 2. The van der Waals surface area contributed by atoms with Crippen LogP contribution in [0.1, 0.15) is 37.6 Å². The minimum Gasteiger partial charge on any atom is -0.490 e. The molecule has 0 unspecified atom stereocenters. The third-order valence-electron chi connectivity index (χ3n) is 2.83. The fraction of sp³-hybridized carbons (Fsp3) is 0.500. The van der Waals surface area contributed by atoms with Crippen LogP contribution in [0.2, 0.25) is 0 Å². The lowest BCUT2D eigenvalue weighted by molar-refractivity contribution is -0.123. The van der Waals surface area contributed by atoms with Gasteiger partial charge in [0, 0.05) is 6.54 Å². The van der Waals surface area contributed by atoms with Gasteiger partial charge < -0.3 is 14.8 Å². The van der Waals surface area contributed by atoms with E-state index in [0.29, 0.717) is 42.4 Å². The van der Waals surface area contributed by atoms with E-state index < -0.39 is 0 Å². The maximum Gasteiger partial charge on any atom is 0.257 e. The van der Waals surface area contributed by atoms with Gasteiger partial charge in [-0.25, -0.2) is 0 Å². The maximum atomic E-state index is 11.7. The second kappa shape index (κ2) is 9.00. The van der Waals surface area contributed by atoms with Gasteiger partial charge in [0.1, 0.15) is 0 Å². The van der Waals surface area contributed by atoms with Crippen molar-refractivity contribution in [2.75, 3.05) is 19.8 Å². The van der Waals surface area contributed by atoms with Crippen molar-refractivity contribution >= 4 is 12.2 Å². The number of hydrogen-bond donors (Lipinski definition) is 1. The van der Waals surface area contributed by atoms with E-state index in [2.05, 4.69) is 19.2 Å². The first-order valence-corrected chi connectivity index (χ1v) is 7.19. The summed E-state index contributed by atoms with van der Waals surface area (Å²) in [5, 5.41) is 2.78. The number of ether oxygens (including phenoxy) is 2. The van der Waals surface area contributed by atoms with Gasteiger partial charge in [0.05, 0.1) is 12.2 Å². The summed E-state index contributed by atoms with van der Waals surface area (Å²) in [6.45, 7) is 6.97. The highest BCUT2D eigenvalue weighted by Gasteiger charge is 2.12. The van der Waals surface area contributed by atoms with Crippen LogP contribution in [0.25, 0.3) is 0 Å². The van der Waals surface area contributed by atoms with E-state index in [0.717, 1.165) is 6.42 Å². The molecule has 1 N–H and O–H groups in total. The predicted molar refractivity (Wildman–Crippen MR) is 81.0 cm³/mol. The SMILES string of the molecule is CCOc1cccc(C=O)c1OCC(=O)NCCC(C)C. The van der Waals surface area contributed by atoms with Crippen LogP contribution < -0.4 is 14.8 Å². The highest BCUT2D eigenvalue weighted by molar-refractivity contribution is 5.82.